The van der Waals surface area contributed by atoms with Crippen LogP contribution in [0.4, 0.5) is 5.69 Å². The number of rotatable bonds is 5. The van der Waals surface area contributed by atoms with Crippen molar-refractivity contribution in [3.8, 4) is 0 Å². The van der Waals surface area contributed by atoms with Gasteiger partial charge in [0.2, 0.25) is 0 Å². The molecule has 7 heteroatoms. The second kappa shape index (κ2) is 7.17. The number of carbonyl (C=O) groups is 1. The number of carbonyl (C=O) groups excluding carboxylic acids is 1. The summed E-state index contributed by atoms with van der Waals surface area (Å²) in [6.45, 7) is 1.02. The molecule has 116 valence electrons. The summed E-state index contributed by atoms with van der Waals surface area (Å²) >= 11 is 7.39. The molecular formula is C15H14ClNO3S2. The number of hydrogen-bond donors (Lipinski definition) is 1. The Hall–Kier alpha value is -1.50. The Morgan fingerprint density at radius 3 is 2.41 bits per heavy atom. The van der Waals surface area contributed by atoms with Gasteiger partial charge in [-0.2, -0.15) is 8.42 Å². The summed E-state index contributed by atoms with van der Waals surface area (Å²) in [4.78, 5) is 12.1. The Labute approximate surface area is 138 Å². The lowest BCUT2D eigenvalue weighted by Crippen LogP contribution is -2.20. The highest BCUT2D eigenvalue weighted by Gasteiger charge is 2.18. The Morgan fingerprint density at radius 2 is 1.77 bits per heavy atom. The normalized spacial score (nSPS) is 11.2. The highest BCUT2D eigenvalue weighted by Crippen LogP contribution is 2.28. The fraction of sp³-hybridized carbons (Fsp3) is 0.133. The van der Waals surface area contributed by atoms with E-state index >= 15 is 0 Å². The molecule has 0 aliphatic rings. The van der Waals surface area contributed by atoms with E-state index < -0.39 is 15.1 Å². The fourth-order valence-corrected chi connectivity index (χ4v) is 3.32. The SMILES string of the molecule is CC(=O)S(=O)(=O)Nc1ccccc1CSc1ccc(Cl)cc1. The van der Waals surface area contributed by atoms with Crippen molar-refractivity contribution in [2.75, 3.05) is 4.72 Å². The molecule has 0 aliphatic carbocycles. The molecule has 2 aromatic carbocycles. The van der Waals surface area contributed by atoms with Gasteiger partial charge in [0.15, 0.2) is 0 Å². The largest absolute Gasteiger partial charge is 0.295 e. The molecule has 0 spiro atoms. The van der Waals surface area contributed by atoms with Crippen LogP contribution >= 0.6 is 23.4 Å². The van der Waals surface area contributed by atoms with Crippen molar-refractivity contribution in [3.05, 3.63) is 59.1 Å². The third kappa shape index (κ3) is 4.50. The van der Waals surface area contributed by atoms with Crippen molar-refractivity contribution in [1.29, 1.82) is 0 Å². The van der Waals surface area contributed by atoms with Crippen molar-refractivity contribution in [3.63, 3.8) is 0 Å². The van der Waals surface area contributed by atoms with E-state index in [1.54, 1.807) is 36.0 Å². The number of anilines is 1. The summed E-state index contributed by atoms with van der Waals surface area (Å²) in [6, 6.07) is 14.4. The lowest BCUT2D eigenvalue weighted by molar-refractivity contribution is -0.109. The topological polar surface area (TPSA) is 63.2 Å². The first-order chi connectivity index (χ1) is 10.4. The van der Waals surface area contributed by atoms with Crippen LogP contribution in [0.5, 0.6) is 0 Å². The molecule has 0 unspecified atom stereocenters. The van der Waals surface area contributed by atoms with E-state index in [0.29, 0.717) is 16.5 Å². The fourth-order valence-electron chi connectivity index (χ4n) is 1.65. The summed E-state index contributed by atoms with van der Waals surface area (Å²) in [5.74, 6) is 0.568. The molecule has 0 saturated heterocycles. The van der Waals surface area contributed by atoms with Gasteiger partial charge in [-0.1, -0.05) is 29.8 Å². The van der Waals surface area contributed by atoms with Crippen molar-refractivity contribution in [1.82, 2.24) is 0 Å². The molecule has 0 fully saturated rings. The van der Waals surface area contributed by atoms with Crippen molar-refractivity contribution in [2.45, 2.75) is 17.6 Å². The van der Waals surface area contributed by atoms with E-state index in [2.05, 4.69) is 4.72 Å². The molecule has 0 radical (unpaired) electrons. The molecule has 2 rings (SSSR count). The van der Waals surface area contributed by atoms with Gasteiger partial charge in [0, 0.05) is 22.6 Å². The van der Waals surface area contributed by atoms with E-state index in [-0.39, 0.29) is 0 Å². The van der Waals surface area contributed by atoms with Crippen molar-refractivity contribution in [2.24, 2.45) is 0 Å². The Kier molecular flexibility index (Phi) is 5.50. The molecule has 2 aromatic rings. The van der Waals surface area contributed by atoms with E-state index in [0.717, 1.165) is 17.4 Å². The van der Waals surface area contributed by atoms with Gasteiger partial charge in [0.25, 0.3) is 15.1 Å². The molecule has 4 nitrogen and oxygen atoms in total. The lowest BCUT2D eigenvalue weighted by Gasteiger charge is -2.11. The standard InChI is InChI=1S/C15H14ClNO3S2/c1-11(18)22(19,20)17-15-5-3-2-4-12(15)10-21-14-8-6-13(16)7-9-14/h2-9,17H,10H2,1H3. The molecule has 0 aromatic heterocycles. The maximum atomic E-state index is 11.7. The van der Waals surface area contributed by atoms with Crippen LogP contribution in [0.15, 0.2) is 53.4 Å². The first kappa shape index (κ1) is 16.9. The number of benzene rings is 2. The predicted octanol–water partition coefficient (Wildman–Crippen LogP) is 3.92. The molecule has 0 saturated carbocycles. The van der Waals surface area contributed by atoms with Crippen LogP contribution in [0.1, 0.15) is 12.5 Å². The zero-order valence-corrected chi connectivity index (χ0v) is 14.1. The zero-order valence-electron chi connectivity index (χ0n) is 11.7. The highest BCUT2D eigenvalue weighted by atomic mass is 35.5. The minimum Gasteiger partial charge on any atom is -0.280 e. The minimum absolute atomic E-state index is 0.416. The summed E-state index contributed by atoms with van der Waals surface area (Å²) in [6.07, 6.45) is 0. The van der Waals surface area contributed by atoms with E-state index in [1.165, 1.54) is 0 Å². The van der Waals surface area contributed by atoms with Gasteiger partial charge < -0.3 is 0 Å². The van der Waals surface area contributed by atoms with Crippen LogP contribution in [0, 0.1) is 0 Å². The number of para-hydroxylation sites is 1. The first-order valence-corrected chi connectivity index (χ1v) is 9.23. The zero-order chi connectivity index (χ0) is 16.2. The molecule has 22 heavy (non-hydrogen) atoms. The van der Waals surface area contributed by atoms with Gasteiger partial charge in [-0.15, -0.1) is 11.8 Å². The molecule has 0 heterocycles. The van der Waals surface area contributed by atoms with Crippen LogP contribution in [-0.4, -0.2) is 13.5 Å². The summed E-state index contributed by atoms with van der Waals surface area (Å²) in [7, 11) is -3.98. The van der Waals surface area contributed by atoms with Crippen LogP contribution in [0.3, 0.4) is 0 Å². The molecule has 0 atom stereocenters. The van der Waals surface area contributed by atoms with Crippen LogP contribution < -0.4 is 4.72 Å². The molecule has 1 N–H and O–H groups in total. The van der Waals surface area contributed by atoms with E-state index in [4.69, 9.17) is 11.6 Å². The molecular weight excluding hydrogens is 342 g/mol. The van der Waals surface area contributed by atoms with Crippen LogP contribution in [0.25, 0.3) is 0 Å². The Morgan fingerprint density at radius 1 is 1.14 bits per heavy atom. The third-order valence-corrected chi connectivity index (χ3v) is 5.41. The van der Waals surface area contributed by atoms with Gasteiger partial charge in [-0.3, -0.25) is 9.52 Å². The minimum atomic E-state index is -3.98. The van der Waals surface area contributed by atoms with Crippen LogP contribution in [-0.2, 0) is 20.6 Å². The molecule has 0 aliphatic heterocycles. The average molecular weight is 356 g/mol. The van der Waals surface area contributed by atoms with Gasteiger partial charge in [-0.25, -0.2) is 0 Å². The monoisotopic (exact) mass is 355 g/mol. The van der Waals surface area contributed by atoms with E-state index in [9.17, 15) is 13.2 Å². The summed E-state index contributed by atoms with van der Waals surface area (Å²) in [5.41, 5.74) is 1.21. The second-order valence-electron chi connectivity index (χ2n) is 4.50. The Balaban J connectivity index is 2.15. The maximum Gasteiger partial charge on any atom is 0.295 e. The van der Waals surface area contributed by atoms with Crippen molar-refractivity contribution < 1.29 is 13.2 Å². The second-order valence-corrected chi connectivity index (χ2v) is 7.77. The van der Waals surface area contributed by atoms with E-state index in [1.807, 2.05) is 24.3 Å². The number of nitrogens with one attached hydrogen (secondary N) is 1. The Bertz CT molecular complexity index is 774. The number of halogens is 1. The van der Waals surface area contributed by atoms with Crippen molar-refractivity contribution >= 4 is 44.2 Å². The predicted molar refractivity (Wildman–Crippen MR) is 90.7 cm³/mol. The summed E-state index contributed by atoms with van der Waals surface area (Å²) in [5, 5.41) is -0.244. The third-order valence-electron chi connectivity index (χ3n) is 2.85. The lowest BCUT2D eigenvalue weighted by atomic mass is 10.2. The van der Waals surface area contributed by atoms with Gasteiger partial charge in [-0.05, 0) is 35.9 Å². The number of sulfonamides is 1. The van der Waals surface area contributed by atoms with Crippen LogP contribution in [0.2, 0.25) is 5.02 Å². The number of thioether (sulfide) groups is 1. The molecule has 0 bridgehead atoms. The highest BCUT2D eigenvalue weighted by molar-refractivity contribution is 8.07. The molecule has 0 amide bonds. The quantitative estimate of drug-likeness (QED) is 0.825. The maximum absolute atomic E-state index is 11.7. The smallest absolute Gasteiger partial charge is 0.280 e. The first-order valence-electron chi connectivity index (χ1n) is 6.38. The number of hydrogen-bond acceptors (Lipinski definition) is 4. The van der Waals surface area contributed by atoms with Gasteiger partial charge >= 0.3 is 0 Å². The van der Waals surface area contributed by atoms with Gasteiger partial charge in [0.05, 0.1) is 5.69 Å². The summed E-state index contributed by atoms with van der Waals surface area (Å²) < 4.78 is 25.7. The average Bonchev–Trinajstić information content (AvgIpc) is 2.47. The van der Waals surface area contributed by atoms with Gasteiger partial charge in [0.1, 0.15) is 0 Å².